The molecule has 2 rings (SSSR count). The van der Waals surface area contributed by atoms with Crippen LogP contribution >= 0.6 is 11.3 Å². The van der Waals surface area contributed by atoms with Crippen LogP contribution < -0.4 is 0 Å². The van der Waals surface area contributed by atoms with E-state index in [0.29, 0.717) is 17.6 Å². The second-order valence-electron chi connectivity index (χ2n) is 3.38. The van der Waals surface area contributed by atoms with Crippen LogP contribution in [0.5, 0.6) is 0 Å². The molecule has 0 aliphatic carbocycles. The number of aromatic nitrogens is 1. The predicted molar refractivity (Wildman–Crippen MR) is 57.9 cm³/mol. The summed E-state index contributed by atoms with van der Waals surface area (Å²) in [4.78, 5) is 14.2. The highest BCUT2D eigenvalue weighted by molar-refractivity contribution is 7.15. The van der Waals surface area contributed by atoms with Crippen molar-refractivity contribution >= 4 is 17.6 Å². The molecule has 0 radical (unpaired) electrons. The average Bonchev–Trinajstić information content (AvgIpc) is 2.77. The molecule has 7 heteroatoms. The molecule has 0 saturated heterocycles. The van der Waals surface area contributed by atoms with Gasteiger partial charge in [0.25, 0.3) is 0 Å². The van der Waals surface area contributed by atoms with Gasteiger partial charge in [0, 0.05) is 17.3 Å². The van der Waals surface area contributed by atoms with Gasteiger partial charge in [0.1, 0.15) is 5.82 Å². The quantitative estimate of drug-likeness (QED) is 0.616. The van der Waals surface area contributed by atoms with Crippen LogP contribution in [-0.4, -0.2) is 11.3 Å². The first kappa shape index (κ1) is 12.7. The predicted octanol–water partition coefficient (Wildman–Crippen LogP) is 3.78. The molecule has 1 heterocycles. The van der Waals surface area contributed by atoms with Crippen molar-refractivity contribution in [3.8, 4) is 10.4 Å². The van der Waals surface area contributed by atoms with Gasteiger partial charge in [-0.1, -0.05) is 0 Å². The maximum Gasteiger partial charge on any atom is 0.443 e. The smallest absolute Gasteiger partial charge is 0.298 e. The monoisotopic (exact) mass is 275 g/mol. The average molecular weight is 275 g/mol. The molecule has 0 N–H and O–H groups in total. The van der Waals surface area contributed by atoms with E-state index in [1.165, 1.54) is 6.07 Å². The molecule has 0 aliphatic rings. The molecule has 1 aromatic heterocycles. The summed E-state index contributed by atoms with van der Waals surface area (Å²) in [6.45, 7) is 0. The molecular weight excluding hydrogens is 270 g/mol. The lowest BCUT2D eigenvalue weighted by atomic mass is 10.1. The standard InChI is InChI=1S/C11H5F4NOS/c12-7-1-2-8(6(3-7)5-17)9-4-16-10(18-9)11(13,14)15/h1-5H. The number of carbonyl (C=O) groups excluding carboxylic acids is 1. The number of alkyl halides is 3. The molecule has 0 saturated carbocycles. The lowest BCUT2D eigenvalue weighted by Crippen LogP contribution is -2.02. The fourth-order valence-electron chi connectivity index (χ4n) is 1.39. The maximum absolute atomic E-state index is 12.9. The van der Waals surface area contributed by atoms with Gasteiger partial charge in [-0.3, -0.25) is 4.79 Å². The minimum atomic E-state index is -4.52. The van der Waals surface area contributed by atoms with Gasteiger partial charge in [-0.05, 0) is 18.2 Å². The lowest BCUT2D eigenvalue weighted by molar-refractivity contribution is -0.137. The minimum Gasteiger partial charge on any atom is -0.298 e. The Morgan fingerprint density at radius 3 is 2.56 bits per heavy atom. The summed E-state index contributed by atoms with van der Waals surface area (Å²) in [5.41, 5.74) is 0.228. The van der Waals surface area contributed by atoms with Gasteiger partial charge in [-0.2, -0.15) is 13.2 Å². The molecule has 0 aliphatic heterocycles. The van der Waals surface area contributed by atoms with Gasteiger partial charge in [0.05, 0.1) is 4.88 Å². The van der Waals surface area contributed by atoms with Gasteiger partial charge in [-0.15, -0.1) is 11.3 Å². The molecular formula is C11H5F4NOS. The van der Waals surface area contributed by atoms with Crippen LogP contribution in [0.1, 0.15) is 15.4 Å². The number of aldehydes is 1. The largest absolute Gasteiger partial charge is 0.443 e. The Hall–Kier alpha value is -1.76. The number of hydrogen-bond donors (Lipinski definition) is 0. The molecule has 0 atom stereocenters. The van der Waals surface area contributed by atoms with E-state index >= 15 is 0 Å². The summed E-state index contributed by atoms with van der Waals surface area (Å²) < 4.78 is 50.0. The molecule has 0 unspecified atom stereocenters. The first-order chi connectivity index (χ1) is 8.41. The third-order valence-corrected chi connectivity index (χ3v) is 3.23. The third-order valence-electron chi connectivity index (χ3n) is 2.15. The molecule has 2 nitrogen and oxygen atoms in total. The Bertz CT molecular complexity index is 591. The van der Waals surface area contributed by atoms with Gasteiger partial charge in [0.2, 0.25) is 0 Å². The zero-order valence-corrected chi connectivity index (χ0v) is 9.48. The number of hydrogen-bond acceptors (Lipinski definition) is 3. The highest BCUT2D eigenvalue weighted by Gasteiger charge is 2.34. The normalized spacial score (nSPS) is 11.6. The van der Waals surface area contributed by atoms with Crippen LogP contribution in [-0.2, 0) is 6.18 Å². The number of carbonyl (C=O) groups is 1. The molecule has 0 amide bonds. The number of halogens is 4. The molecule has 18 heavy (non-hydrogen) atoms. The van der Waals surface area contributed by atoms with E-state index in [4.69, 9.17) is 0 Å². The Kier molecular flexibility index (Phi) is 3.16. The van der Waals surface area contributed by atoms with Gasteiger partial charge < -0.3 is 0 Å². The Labute approximate surface area is 103 Å². The fraction of sp³-hybridized carbons (Fsp3) is 0.0909. The first-order valence-electron chi connectivity index (χ1n) is 4.70. The molecule has 94 valence electrons. The topological polar surface area (TPSA) is 30.0 Å². The number of nitrogens with zero attached hydrogens (tertiary/aromatic N) is 1. The van der Waals surface area contributed by atoms with Crippen LogP contribution in [0.15, 0.2) is 24.4 Å². The van der Waals surface area contributed by atoms with Gasteiger partial charge in [-0.25, -0.2) is 9.37 Å². The maximum atomic E-state index is 12.9. The third kappa shape index (κ3) is 2.40. The van der Waals surface area contributed by atoms with Crippen molar-refractivity contribution in [2.45, 2.75) is 6.18 Å². The van der Waals surface area contributed by atoms with Crippen LogP contribution in [0.4, 0.5) is 17.6 Å². The van der Waals surface area contributed by atoms with Crippen molar-refractivity contribution in [3.05, 3.63) is 40.8 Å². The van der Waals surface area contributed by atoms with E-state index < -0.39 is 17.0 Å². The molecule has 0 bridgehead atoms. The summed E-state index contributed by atoms with van der Waals surface area (Å²) >= 11 is 0.411. The molecule has 2 aromatic rings. The number of benzene rings is 1. The first-order valence-corrected chi connectivity index (χ1v) is 5.51. The SMILES string of the molecule is O=Cc1cc(F)ccc1-c1cnc(C(F)(F)F)s1. The Balaban J connectivity index is 2.49. The van der Waals surface area contributed by atoms with Gasteiger partial charge in [0.15, 0.2) is 11.3 Å². The van der Waals surface area contributed by atoms with Crippen molar-refractivity contribution in [1.82, 2.24) is 4.98 Å². The van der Waals surface area contributed by atoms with E-state index in [-0.39, 0.29) is 16.0 Å². The summed E-state index contributed by atoms with van der Waals surface area (Å²) in [5, 5.41) is -1.00. The van der Waals surface area contributed by atoms with Crippen molar-refractivity contribution in [2.75, 3.05) is 0 Å². The highest BCUT2D eigenvalue weighted by Crippen LogP contribution is 2.37. The Morgan fingerprint density at radius 2 is 2.00 bits per heavy atom. The van der Waals surface area contributed by atoms with E-state index in [2.05, 4.69) is 4.98 Å². The summed E-state index contributed by atoms with van der Waals surface area (Å²) in [6, 6.07) is 3.30. The van der Waals surface area contributed by atoms with E-state index in [9.17, 15) is 22.4 Å². The van der Waals surface area contributed by atoms with E-state index in [0.717, 1.165) is 18.3 Å². The molecule has 0 fully saturated rings. The van der Waals surface area contributed by atoms with Crippen molar-refractivity contribution in [3.63, 3.8) is 0 Å². The van der Waals surface area contributed by atoms with E-state index in [1.807, 2.05) is 0 Å². The van der Waals surface area contributed by atoms with Crippen LogP contribution in [0, 0.1) is 5.82 Å². The second-order valence-corrected chi connectivity index (χ2v) is 4.41. The Morgan fingerprint density at radius 1 is 1.28 bits per heavy atom. The zero-order valence-electron chi connectivity index (χ0n) is 8.66. The summed E-state index contributed by atoms with van der Waals surface area (Å²) in [6.07, 6.45) is -3.11. The van der Waals surface area contributed by atoms with Gasteiger partial charge >= 0.3 is 6.18 Å². The van der Waals surface area contributed by atoms with E-state index in [1.54, 1.807) is 0 Å². The lowest BCUT2D eigenvalue weighted by Gasteiger charge is -2.02. The molecule has 1 aromatic carbocycles. The van der Waals surface area contributed by atoms with Crippen molar-refractivity contribution in [1.29, 1.82) is 0 Å². The second kappa shape index (κ2) is 4.49. The zero-order chi connectivity index (χ0) is 13.3. The summed E-state index contributed by atoms with van der Waals surface area (Å²) in [7, 11) is 0. The molecule has 0 spiro atoms. The van der Waals surface area contributed by atoms with Crippen LogP contribution in [0.25, 0.3) is 10.4 Å². The summed E-state index contributed by atoms with van der Waals surface area (Å²) in [5.74, 6) is -0.624. The number of rotatable bonds is 2. The van der Waals surface area contributed by atoms with Crippen molar-refractivity contribution < 1.29 is 22.4 Å². The minimum absolute atomic E-state index is 0.00706. The highest BCUT2D eigenvalue weighted by atomic mass is 32.1. The van der Waals surface area contributed by atoms with Crippen molar-refractivity contribution in [2.24, 2.45) is 0 Å². The fourth-order valence-corrected chi connectivity index (χ4v) is 2.22. The van der Waals surface area contributed by atoms with Crippen LogP contribution in [0.2, 0.25) is 0 Å². The van der Waals surface area contributed by atoms with Crippen LogP contribution in [0.3, 0.4) is 0 Å². The number of thiazole rings is 1.